The molecule has 13 heteroatoms. The van der Waals surface area contributed by atoms with Gasteiger partial charge in [-0.1, -0.05) is 50.1 Å². The van der Waals surface area contributed by atoms with Gasteiger partial charge >= 0.3 is 11.9 Å². The van der Waals surface area contributed by atoms with Gasteiger partial charge in [0.2, 0.25) is 0 Å². The van der Waals surface area contributed by atoms with Crippen LogP contribution < -0.4 is 0 Å². The van der Waals surface area contributed by atoms with E-state index in [4.69, 9.17) is 0 Å². The number of carbonyl (C=O) groups excluding carboxylic acids is 3. The van der Waals surface area contributed by atoms with Crippen molar-refractivity contribution in [3.8, 4) is 0 Å². The Morgan fingerprint density at radius 2 is 1.35 bits per heavy atom. The van der Waals surface area contributed by atoms with Gasteiger partial charge in [0, 0.05) is 0 Å². The van der Waals surface area contributed by atoms with Gasteiger partial charge in [0.1, 0.15) is 14.9 Å². The van der Waals surface area contributed by atoms with E-state index in [1.165, 1.54) is 31.4 Å². The molecular weight excluding hydrogens is 548 g/mol. The van der Waals surface area contributed by atoms with Crippen molar-refractivity contribution in [1.29, 1.82) is 0 Å². The van der Waals surface area contributed by atoms with Crippen molar-refractivity contribution in [2.75, 3.05) is 14.2 Å². The van der Waals surface area contributed by atoms with Crippen molar-refractivity contribution in [2.45, 2.75) is 3.74 Å². The molecule has 0 aliphatic heterocycles. The molecule has 11 nitrogen and oxygen atoms in total. The molecule has 0 spiro atoms. The molecule has 0 amide bonds. The highest BCUT2D eigenvalue weighted by Crippen LogP contribution is 2.37. The number of benzene rings is 2. The molecule has 31 heavy (non-hydrogen) atoms. The summed E-state index contributed by atoms with van der Waals surface area (Å²) in [6.45, 7) is 0. The molecule has 0 radical (unpaired) electrons. The number of nitro groups is 2. The van der Waals surface area contributed by atoms with E-state index in [-0.39, 0.29) is 22.4 Å². The molecule has 2 rings (SSSR count). The first kappa shape index (κ1) is 25.8. The van der Waals surface area contributed by atoms with Gasteiger partial charge in [0.05, 0.1) is 35.2 Å². The summed E-state index contributed by atoms with van der Waals surface area (Å²) < 4.78 is 8.46. The number of para-hydroxylation sites is 2. The molecule has 0 bridgehead atoms. The number of hydrogen-bond donors (Lipinski definition) is 0. The lowest BCUT2D eigenvalue weighted by Crippen LogP contribution is -2.07. The van der Waals surface area contributed by atoms with Crippen molar-refractivity contribution < 1.29 is 33.7 Å². The first-order chi connectivity index (χ1) is 14.6. The zero-order valence-electron chi connectivity index (χ0n) is 15.9. The quantitative estimate of drug-likeness (QED) is 0.164. The number of methoxy groups -OCH3 is 2. The molecule has 0 aliphatic rings. The molecule has 0 saturated heterocycles. The van der Waals surface area contributed by atoms with Crippen LogP contribution in [0, 0.1) is 20.2 Å². The molecule has 0 atom stereocenters. The summed E-state index contributed by atoms with van der Waals surface area (Å²) in [5.41, 5.74) is -0.857. The molecule has 0 heterocycles. The van der Waals surface area contributed by atoms with Gasteiger partial charge in [-0.2, -0.15) is 0 Å². The lowest BCUT2D eigenvalue weighted by molar-refractivity contribution is -0.385. The Balaban J connectivity index is 0.000000311. The molecular formula is C18H14Br2N2O9. The van der Waals surface area contributed by atoms with Gasteiger partial charge in [-0.05, 0) is 18.2 Å². The molecule has 0 aliphatic carbocycles. The van der Waals surface area contributed by atoms with Gasteiger partial charge in [0.15, 0.2) is 6.29 Å². The summed E-state index contributed by atoms with van der Waals surface area (Å²) in [6.07, 6.45) is 0.324. The second-order valence-electron chi connectivity index (χ2n) is 5.40. The fraction of sp³-hybridized carbons (Fsp3) is 0.167. The van der Waals surface area contributed by atoms with E-state index >= 15 is 0 Å². The van der Waals surface area contributed by atoms with E-state index in [2.05, 4.69) is 41.3 Å². The molecule has 2 aromatic rings. The monoisotopic (exact) mass is 560 g/mol. The highest BCUT2D eigenvalue weighted by atomic mass is 79.9. The standard InChI is InChI=1S/C9H7Br2NO4.C9H7NO5/c1-16-9(13)6-4-2-3-5(8(10)11)7(6)12(14)15;1-15-9(12)7-4-2-3-6(5-11)8(7)10(13)14/h2-4,8H,1H3;2-5H,1H3. The van der Waals surface area contributed by atoms with Crippen LogP contribution in [-0.4, -0.2) is 42.3 Å². The van der Waals surface area contributed by atoms with E-state index in [1.54, 1.807) is 12.1 Å². The molecule has 0 aromatic heterocycles. The minimum atomic E-state index is -0.842. The van der Waals surface area contributed by atoms with Crippen molar-refractivity contribution in [3.63, 3.8) is 0 Å². The SMILES string of the molecule is COC(=O)c1cccc(C(Br)Br)c1[N+](=O)[O-].COC(=O)c1cccc(C=O)c1[N+](=O)[O-]. The predicted molar refractivity (Wildman–Crippen MR) is 115 cm³/mol. The first-order valence-corrected chi connectivity index (χ1v) is 9.88. The van der Waals surface area contributed by atoms with Crippen LogP contribution in [0.1, 0.15) is 40.4 Å². The number of carbonyl (C=O) groups is 3. The Hall–Kier alpha value is -3.19. The molecule has 0 N–H and O–H groups in total. The molecule has 0 unspecified atom stereocenters. The molecule has 0 saturated carbocycles. The van der Waals surface area contributed by atoms with Crippen LogP contribution >= 0.6 is 31.9 Å². The van der Waals surface area contributed by atoms with E-state index in [0.29, 0.717) is 11.8 Å². The third kappa shape index (κ3) is 6.39. The lowest BCUT2D eigenvalue weighted by Gasteiger charge is -2.07. The number of nitrogens with zero attached hydrogens (tertiary/aromatic N) is 2. The van der Waals surface area contributed by atoms with Crippen LogP contribution in [0.15, 0.2) is 36.4 Å². The topological polar surface area (TPSA) is 156 Å². The fourth-order valence-electron chi connectivity index (χ4n) is 2.35. The fourth-order valence-corrected chi connectivity index (χ4v) is 3.09. The maximum atomic E-state index is 11.4. The van der Waals surface area contributed by atoms with Crippen molar-refractivity contribution in [3.05, 3.63) is 78.9 Å². The van der Waals surface area contributed by atoms with Crippen molar-refractivity contribution in [1.82, 2.24) is 0 Å². The average molecular weight is 562 g/mol. The summed E-state index contributed by atoms with van der Waals surface area (Å²) in [6, 6.07) is 8.34. The van der Waals surface area contributed by atoms with Gasteiger partial charge in [-0.15, -0.1) is 0 Å². The maximum absolute atomic E-state index is 11.4. The number of esters is 2. The number of rotatable bonds is 6. The van der Waals surface area contributed by atoms with E-state index < -0.39 is 31.2 Å². The largest absolute Gasteiger partial charge is 0.465 e. The van der Waals surface area contributed by atoms with Crippen LogP contribution in [0.2, 0.25) is 0 Å². The highest BCUT2D eigenvalue weighted by molar-refractivity contribution is 9.24. The number of halogens is 2. The van der Waals surface area contributed by atoms with Crippen LogP contribution in [0.3, 0.4) is 0 Å². The second-order valence-corrected chi connectivity index (χ2v) is 8.46. The average Bonchev–Trinajstić information content (AvgIpc) is 2.76. The molecule has 2 aromatic carbocycles. The van der Waals surface area contributed by atoms with Crippen LogP contribution in [0.4, 0.5) is 11.4 Å². The summed E-state index contributed by atoms with van der Waals surface area (Å²) >= 11 is 6.33. The first-order valence-electron chi connectivity index (χ1n) is 8.05. The minimum Gasteiger partial charge on any atom is -0.465 e. The van der Waals surface area contributed by atoms with Gasteiger partial charge in [0.25, 0.3) is 11.4 Å². The summed E-state index contributed by atoms with van der Waals surface area (Å²) in [7, 11) is 2.29. The number of alkyl halides is 2. The Labute approximate surface area is 191 Å². The summed E-state index contributed by atoms with van der Waals surface area (Å²) in [4.78, 5) is 53.3. The van der Waals surface area contributed by atoms with Gasteiger partial charge < -0.3 is 9.47 Å². The number of nitro benzene ring substituents is 2. The Kier molecular flexibility index (Phi) is 9.89. The van der Waals surface area contributed by atoms with Gasteiger partial charge in [-0.25, -0.2) is 9.59 Å². The second kappa shape index (κ2) is 11.9. The normalized spacial score (nSPS) is 9.84. The Bertz CT molecular complexity index is 1030. The maximum Gasteiger partial charge on any atom is 0.344 e. The van der Waals surface area contributed by atoms with Crippen molar-refractivity contribution >= 4 is 61.5 Å². The zero-order chi connectivity index (χ0) is 23.7. The van der Waals surface area contributed by atoms with E-state index in [0.717, 1.165) is 7.11 Å². The van der Waals surface area contributed by atoms with Crippen molar-refractivity contribution in [2.24, 2.45) is 0 Å². The van der Waals surface area contributed by atoms with E-state index in [1.807, 2.05) is 0 Å². The third-order valence-electron chi connectivity index (χ3n) is 3.67. The van der Waals surface area contributed by atoms with E-state index in [9.17, 15) is 34.6 Å². The minimum absolute atomic E-state index is 0.0612. The highest BCUT2D eigenvalue weighted by Gasteiger charge is 2.27. The number of hydrogen-bond acceptors (Lipinski definition) is 9. The number of aldehydes is 1. The molecule has 164 valence electrons. The zero-order valence-corrected chi connectivity index (χ0v) is 19.1. The van der Waals surface area contributed by atoms with Gasteiger partial charge in [-0.3, -0.25) is 25.0 Å². The van der Waals surface area contributed by atoms with Crippen LogP contribution in [-0.2, 0) is 9.47 Å². The molecule has 0 fully saturated rings. The number of ether oxygens (including phenoxy) is 2. The Morgan fingerprint density at radius 1 is 0.903 bits per heavy atom. The predicted octanol–water partition coefficient (Wildman–Crippen LogP) is 4.36. The third-order valence-corrected chi connectivity index (χ3v) is 4.66. The van der Waals surface area contributed by atoms with Crippen LogP contribution in [0.25, 0.3) is 0 Å². The Morgan fingerprint density at radius 3 is 1.74 bits per heavy atom. The smallest absolute Gasteiger partial charge is 0.344 e. The van der Waals surface area contributed by atoms with Crippen LogP contribution in [0.5, 0.6) is 0 Å². The summed E-state index contributed by atoms with van der Waals surface area (Å²) in [5, 5.41) is 21.6. The summed E-state index contributed by atoms with van der Waals surface area (Å²) in [5.74, 6) is -1.57. The lowest BCUT2D eigenvalue weighted by atomic mass is 10.1.